The molecule has 2 saturated carbocycles. The summed E-state index contributed by atoms with van der Waals surface area (Å²) >= 11 is 0. The molecule has 8 nitrogen and oxygen atoms in total. The van der Waals surface area contributed by atoms with Crippen LogP contribution in [0.2, 0.25) is 0 Å². The van der Waals surface area contributed by atoms with Crippen molar-refractivity contribution in [2.45, 2.75) is 64.8 Å². The normalized spacial score (nSPS) is 22.0. The molecule has 2 atom stereocenters. The van der Waals surface area contributed by atoms with Gasteiger partial charge >= 0.3 is 0 Å². The molecule has 8 heteroatoms. The molecule has 0 bridgehead atoms. The number of aromatic nitrogens is 3. The van der Waals surface area contributed by atoms with Gasteiger partial charge in [0.2, 0.25) is 0 Å². The smallest absolute Gasteiger partial charge is 0.192 e. The van der Waals surface area contributed by atoms with Crippen LogP contribution in [0.4, 0.5) is 0 Å². The van der Waals surface area contributed by atoms with Gasteiger partial charge in [0.15, 0.2) is 11.8 Å². The number of aliphatic imine (C=N–C) groups is 1. The Kier molecular flexibility index (Phi) is 6.46. The maximum atomic E-state index is 6.01. The minimum Gasteiger partial charge on any atom is -0.497 e. The van der Waals surface area contributed by atoms with Gasteiger partial charge in [-0.2, -0.15) is 0 Å². The SMILES string of the molecule is CCOC1CC(NC(=NCc2ccc(OC)cc2)NCc2nnc(C)n2C)C12CCC2. The maximum absolute atomic E-state index is 6.01. The van der Waals surface area contributed by atoms with Gasteiger partial charge < -0.3 is 24.7 Å². The van der Waals surface area contributed by atoms with Crippen molar-refractivity contribution < 1.29 is 9.47 Å². The van der Waals surface area contributed by atoms with Crippen LogP contribution in [-0.2, 0) is 24.9 Å². The van der Waals surface area contributed by atoms with Crippen molar-refractivity contribution in [1.29, 1.82) is 0 Å². The molecule has 1 aromatic heterocycles. The van der Waals surface area contributed by atoms with E-state index in [0.29, 0.717) is 25.2 Å². The minimum absolute atomic E-state index is 0.264. The Labute approximate surface area is 184 Å². The first-order chi connectivity index (χ1) is 15.1. The highest BCUT2D eigenvalue weighted by Gasteiger charge is 2.59. The number of hydrogen-bond donors (Lipinski definition) is 2. The molecule has 2 N–H and O–H groups in total. The van der Waals surface area contributed by atoms with Gasteiger partial charge in [0.05, 0.1) is 26.3 Å². The van der Waals surface area contributed by atoms with Crippen LogP contribution in [-0.4, -0.2) is 46.6 Å². The van der Waals surface area contributed by atoms with Crippen molar-refractivity contribution in [3.63, 3.8) is 0 Å². The Balaban J connectivity index is 1.45. The highest BCUT2D eigenvalue weighted by atomic mass is 16.5. The quantitative estimate of drug-likeness (QED) is 0.499. The van der Waals surface area contributed by atoms with Crippen LogP contribution in [0.15, 0.2) is 29.3 Å². The third kappa shape index (κ3) is 4.39. The number of nitrogens with one attached hydrogen (secondary N) is 2. The van der Waals surface area contributed by atoms with E-state index in [-0.39, 0.29) is 5.41 Å². The number of methoxy groups -OCH3 is 1. The zero-order chi connectivity index (χ0) is 21.8. The Morgan fingerprint density at radius 3 is 2.61 bits per heavy atom. The minimum atomic E-state index is 0.264. The molecule has 0 saturated heterocycles. The van der Waals surface area contributed by atoms with Crippen molar-refractivity contribution in [1.82, 2.24) is 25.4 Å². The van der Waals surface area contributed by atoms with E-state index in [1.165, 1.54) is 19.3 Å². The van der Waals surface area contributed by atoms with Crippen LogP contribution < -0.4 is 15.4 Å². The maximum Gasteiger partial charge on any atom is 0.192 e. The van der Waals surface area contributed by atoms with E-state index in [2.05, 4.69) is 27.8 Å². The zero-order valence-electron chi connectivity index (χ0n) is 19.0. The predicted octanol–water partition coefficient (Wildman–Crippen LogP) is 2.72. The molecular weight excluding hydrogens is 392 g/mol. The molecule has 1 heterocycles. The summed E-state index contributed by atoms with van der Waals surface area (Å²) < 4.78 is 13.3. The highest BCUT2D eigenvalue weighted by molar-refractivity contribution is 5.80. The Morgan fingerprint density at radius 1 is 1.26 bits per heavy atom. The molecule has 2 fully saturated rings. The fraction of sp³-hybridized carbons (Fsp3) is 0.609. The monoisotopic (exact) mass is 426 g/mol. The average Bonchev–Trinajstić information content (AvgIpc) is 3.05. The fourth-order valence-electron chi connectivity index (χ4n) is 4.63. The lowest BCUT2D eigenvalue weighted by atomic mass is 9.51. The third-order valence-corrected chi connectivity index (χ3v) is 6.92. The lowest BCUT2D eigenvalue weighted by molar-refractivity contribution is -0.168. The number of aryl methyl sites for hydroxylation is 1. The molecule has 0 radical (unpaired) electrons. The average molecular weight is 427 g/mol. The van der Waals surface area contributed by atoms with Crippen LogP contribution in [0, 0.1) is 12.3 Å². The van der Waals surface area contributed by atoms with Gasteiger partial charge in [0.25, 0.3) is 0 Å². The molecular formula is C23H34N6O2. The molecule has 2 unspecified atom stereocenters. The third-order valence-electron chi connectivity index (χ3n) is 6.92. The van der Waals surface area contributed by atoms with Crippen molar-refractivity contribution in [2.75, 3.05) is 13.7 Å². The first-order valence-corrected chi connectivity index (χ1v) is 11.2. The lowest BCUT2D eigenvalue weighted by Gasteiger charge is -2.61. The second-order valence-electron chi connectivity index (χ2n) is 8.55. The first-order valence-electron chi connectivity index (χ1n) is 11.2. The summed E-state index contributed by atoms with van der Waals surface area (Å²) in [6.45, 7) is 5.97. The Bertz CT molecular complexity index is 903. The number of guanidine groups is 1. The fourth-order valence-corrected chi connectivity index (χ4v) is 4.63. The van der Waals surface area contributed by atoms with E-state index in [0.717, 1.165) is 41.9 Å². The zero-order valence-corrected chi connectivity index (χ0v) is 19.0. The summed E-state index contributed by atoms with van der Waals surface area (Å²) in [7, 11) is 3.66. The molecule has 0 aliphatic heterocycles. The summed E-state index contributed by atoms with van der Waals surface area (Å²) in [6.07, 6.45) is 5.13. The second-order valence-corrected chi connectivity index (χ2v) is 8.55. The van der Waals surface area contributed by atoms with E-state index in [4.69, 9.17) is 14.5 Å². The Hall–Kier alpha value is -2.61. The van der Waals surface area contributed by atoms with Crippen LogP contribution in [0.5, 0.6) is 5.75 Å². The van der Waals surface area contributed by atoms with Gasteiger partial charge in [0.1, 0.15) is 11.6 Å². The van der Waals surface area contributed by atoms with Crippen molar-refractivity contribution in [3.05, 3.63) is 41.5 Å². The van der Waals surface area contributed by atoms with Crippen LogP contribution in [0.3, 0.4) is 0 Å². The summed E-state index contributed by atoms with van der Waals surface area (Å²) in [4.78, 5) is 4.87. The molecule has 1 aromatic carbocycles. The van der Waals surface area contributed by atoms with Gasteiger partial charge in [-0.25, -0.2) is 4.99 Å². The van der Waals surface area contributed by atoms with Crippen LogP contribution in [0.1, 0.15) is 49.8 Å². The van der Waals surface area contributed by atoms with E-state index in [1.54, 1.807) is 7.11 Å². The summed E-state index contributed by atoms with van der Waals surface area (Å²) in [5.74, 6) is 3.44. The topological polar surface area (TPSA) is 85.6 Å². The van der Waals surface area contributed by atoms with E-state index in [1.807, 2.05) is 42.8 Å². The first kappa shape index (κ1) is 21.6. The summed E-state index contributed by atoms with van der Waals surface area (Å²) in [5.41, 5.74) is 1.40. The number of hydrogen-bond acceptors (Lipinski definition) is 5. The number of ether oxygens (including phenoxy) is 2. The lowest BCUT2D eigenvalue weighted by Crippen LogP contribution is -2.68. The number of nitrogens with zero attached hydrogens (tertiary/aromatic N) is 4. The van der Waals surface area contributed by atoms with Gasteiger partial charge in [-0.3, -0.25) is 0 Å². The van der Waals surface area contributed by atoms with Gasteiger partial charge in [-0.1, -0.05) is 18.6 Å². The second kappa shape index (κ2) is 9.26. The highest BCUT2D eigenvalue weighted by Crippen LogP contribution is 2.57. The standard InChI is InChI=1S/C23H34N6O2/c1-5-31-20-13-19(23(20)11-6-12-23)26-22(25-15-21-28-27-16(2)29(21)3)24-14-17-7-9-18(30-4)10-8-17/h7-10,19-20H,5-6,11-15H2,1-4H3,(H2,24,25,26). The molecule has 168 valence electrons. The van der Waals surface area contributed by atoms with Crippen LogP contribution in [0.25, 0.3) is 0 Å². The molecule has 2 aliphatic carbocycles. The number of rotatable bonds is 8. The van der Waals surface area contributed by atoms with Crippen molar-refractivity contribution >= 4 is 5.96 Å². The van der Waals surface area contributed by atoms with Crippen LogP contribution >= 0.6 is 0 Å². The molecule has 31 heavy (non-hydrogen) atoms. The van der Waals surface area contributed by atoms with Gasteiger partial charge in [-0.15, -0.1) is 10.2 Å². The largest absolute Gasteiger partial charge is 0.497 e. The molecule has 2 aromatic rings. The van der Waals surface area contributed by atoms with Crippen molar-refractivity contribution in [2.24, 2.45) is 17.5 Å². The van der Waals surface area contributed by atoms with Gasteiger partial charge in [-0.05, 0) is 50.8 Å². The molecule has 4 rings (SSSR count). The summed E-state index contributed by atoms with van der Waals surface area (Å²) in [5, 5.41) is 15.6. The van der Waals surface area contributed by atoms with E-state index < -0.39 is 0 Å². The Morgan fingerprint density at radius 2 is 2.03 bits per heavy atom. The predicted molar refractivity (Wildman–Crippen MR) is 120 cm³/mol. The van der Waals surface area contributed by atoms with E-state index >= 15 is 0 Å². The summed E-state index contributed by atoms with van der Waals surface area (Å²) in [6, 6.07) is 8.42. The number of benzene rings is 1. The van der Waals surface area contributed by atoms with Crippen molar-refractivity contribution in [3.8, 4) is 5.75 Å². The van der Waals surface area contributed by atoms with Gasteiger partial charge in [0, 0.05) is 25.1 Å². The molecule has 0 amide bonds. The molecule has 2 aliphatic rings. The van der Waals surface area contributed by atoms with E-state index in [9.17, 15) is 0 Å². The molecule has 1 spiro atoms.